The van der Waals surface area contributed by atoms with Crippen molar-refractivity contribution < 1.29 is 15.3 Å². The first-order chi connectivity index (χ1) is 14.5. The molecule has 167 valence electrons. The molecular formula is C29H42NTi. The first-order valence-electron chi connectivity index (χ1n) is 11.2. The van der Waals surface area contributed by atoms with Crippen LogP contribution < -0.4 is 5.32 Å². The summed E-state index contributed by atoms with van der Waals surface area (Å²) in [5.41, 5.74) is 5.05. The van der Waals surface area contributed by atoms with Crippen molar-refractivity contribution in [2.24, 2.45) is 0 Å². The van der Waals surface area contributed by atoms with Gasteiger partial charge in [-0.1, -0.05) is 84.0 Å². The van der Waals surface area contributed by atoms with Gasteiger partial charge in [-0.2, -0.15) is 0 Å². The summed E-state index contributed by atoms with van der Waals surface area (Å²) in [6, 6.07) is 17.0. The summed E-state index contributed by atoms with van der Waals surface area (Å²) in [6.07, 6.45) is 16.4. The number of rotatable bonds is 4. The van der Waals surface area contributed by atoms with Crippen LogP contribution >= 0.6 is 0 Å². The van der Waals surface area contributed by atoms with Gasteiger partial charge in [0.05, 0.1) is 0 Å². The number of aryl methyl sites for hydroxylation is 2. The maximum atomic E-state index is 2.75. The molecule has 31 heavy (non-hydrogen) atoms. The minimum atomic E-state index is -2.02. The molecule has 1 N–H and O–H groups in total. The summed E-state index contributed by atoms with van der Waals surface area (Å²) in [6.45, 7) is 4.20. The number of hydrogen-bond donors (Lipinski definition) is 1. The van der Waals surface area contributed by atoms with E-state index in [-0.39, 0.29) is 0 Å². The fraction of sp³-hybridized carbons (Fsp3) is 0.310. The van der Waals surface area contributed by atoms with E-state index in [1.165, 1.54) is 28.7 Å². The van der Waals surface area contributed by atoms with E-state index in [1.54, 1.807) is 3.88 Å². The second-order valence-corrected chi connectivity index (χ2v) is 23.9. The molecule has 2 aromatic carbocycles. The number of hydrogen-bond acceptors (Lipinski definition) is 1. The van der Waals surface area contributed by atoms with Gasteiger partial charge in [-0.15, -0.1) is 0 Å². The topological polar surface area (TPSA) is 12.0 Å². The zero-order valence-corrected chi connectivity index (χ0v) is 22.4. The van der Waals surface area contributed by atoms with Gasteiger partial charge in [0, 0.05) is 0 Å². The molecule has 0 amide bonds. The van der Waals surface area contributed by atoms with E-state index in [4.69, 9.17) is 0 Å². The van der Waals surface area contributed by atoms with Gasteiger partial charge in [0.25, 0.3) is 0 Å². The predicted molar refractivity (Wildman–Crippen MR) is 141 cm³/mol. The summed E-state index contributed by atoms with van der Waals surface area (Å²) < 4.78 is 1.72. The maximum absolute atomic E-state index is 2.75. The average molecular weight is 453 g/mol. The molecule has 0 heterocycles. The minimum absolute atomic E-state index is 1.22. The van der Waals surface area contributed by atoms with Crippen LogP contribution in [0.1, 0.15) is 28.7 Å². The Morgan fingerprint density at radius 3 is 1.35 bits per heavy atom. The molecule has 0 atom stereocenters. The summed E-state index contributed by atoms with van der Waals surface area (Å²) in [7, 11) is 3.75. The molecule has 3 rings (SSSR count). The van der Waals surface area contributed by atoms with E-state index in [0.29, 0.717) is 0 Å². The molecule has 0 saturated heterocycles. The Kier molecular flexibility index (Phi) is 11.2. The standard InChI is InChI=1S/C18H18.C5H5.C2H7N.4CH3.Ti/c1-15-7-11-17(12-8-15)5-3-4-6-18-13-9-16(2)10-14-18;1-2-4-5-3-1;1-3-2;;;;;/h3-14H,1-2H3;1-3H,4H2;3H,1-2H3;4*1H3;. The van der Waals surface area contributed by atoms with Crippen LogP contribution in [0.2, 0.25) is 20.9 Å². The van der Waals surface area contributed by atoms with E-state index in [9.17, 15) is 0 Å². The van der Waals surface area contributed by atoms with E-state index in [0.717, 1.165) is 0 Å². The van der Waals surface area contributed by atoms with Crippen molar-refractivity contribution in [3.63, 3.8) is 0 Å². The van der Waals surface area contributed by atoms with E-state index >= 15 is 0 Å². The van der Waals surface area contributed by atoms with Crippen molar-refractivity contribution >= 4 is 12.2 Å². The Labute approximate surface area is 192 Å². The normalized spacial score (nSPS) is 14.3. The number of benzene rings is 2. The molecule has 1 aliphatic carbocycles. The molecular weight excluding hydrogens is 410 g/mol. The van der Waals surface area contributed by atoms with Crippen LogP contribution in [0, 0.1) is 13.8 Å². The molecule has 2 aromatic rings. The fourth-order valence-electron chi connectivity index (χ4n) is 2.88. The van der Waals surface area contributed by atoms with Crippen LogP contribution in [0.4, 0.5) is 0 Å². The molecule has 0 aliphatic heterocycles. The summed E-state index contributed by atoms with van der Waals surface area (Å²) >= 11 is -2.02. The first-order valence-corrected chi connectivity index (χ1v) is 18.2. The Bertz CT molecular complexity index is 839. The summed E-state index contributed by atoms with van der Waals surface area (Å²) in [5, 5.41) is 12.6. The zero-order chi connectivity index (χ0) is 23.4. The fourth-order valence-corrected chi connectivity index (χ4v) is 5.53. The van der Waals surface area contributed by atoms with Gasteiger partial charge in [-0.05, 0) is 39.1 Å². The van der Waals surface area contributed by atoms with Crippen LogP contribution in [0.3, 0.4) is 0 Å². The molecule has 2 heteroatoms. The van der Waals surface area contributed by atoms with Crippen LogP contribution in [-0.2, 0) is 15.3 Å². The van der Waals surface area contributed by atoms with E-state index in [2.05, 4.69) is 131 Å². The average Bonchev–Trinajstić information content (AvgIpc) is 3.25. The molecule has 0 radical (unpaired) electrons. The molecule has 0 saturated carbocycles. The van der Waals surface area contributed by atoms with Crippen molar-refractivity contribution in [2.75, 3.05) is 14.1 Å². The molecule has 0 spiro atoms. The summed E-state index contributed by atoms with van der Waals surface area (Å²) in [5.74, 6) is 0. The Morgan fingerprint density at radius 1 is 0.710 bits per heavy atom. The van der Waals surface area contributed by atoms with E-state index in [1.807, 2.05) is 14.1 Å². The van der Waals surface area contributed by atoms with E-state index < -0.39 is 15.3 Å². The van der Waals surface area contributed by atoms with Gasteiger partial charge in [0.15, 0.2) is 0 Å². The van der Waals surface area contributed by atoms with Crippen molar-refractivity contribution in [1.82, 2.24) is 5.32 Å². The Balaban J connectivity index is 0.000000311. The summed E-state index contributed by atoms with van der Waals surface area (Å²) in [4.78, 5) is 0. The molecule has 0 fully saturated rings. The molecule has 1 aliphatic rings. The van der Waals surface area contributed by atoms with Crippen molar-refractivity contribution in [3.05, 3.63) is 105 Å². The third-order valence-electron chi connectivity index (χ3n) is 4.90. The second-order valence-electron chi connectivity index (χ2n) is 10.4. The molecule has 0 bridgehead atoms. The van der Waals surface area contributed by atoms with Gasteiger partial charge in [0.2, 0.25) is 0 Å². The van der Waals surface area contributed by atoms with Gasteiger partial charge < -0.3 is 5.32 Å². The van der Waals surface area contributed by atoms with Crippen molar-refractivity contribution in [3.8, 4) is 0 Å². The third kappa shape index (κ3) is 11.9. The van der Waals surface area contributed by atoms with Crippen molar-refractivity contribution in [1.29, 1.82) is 0 Å². The predicted octanol–water partition coefficient (Wildman–Crippen LogP) is 8.58. The van der Waals surface area contributed by atoms with Gasteiger partial charge in [0.1, 0.15) is 0 Å². The second kappa shape index (κ2) is 12.8. The molecule has 0 unspecified atom stereocenters. The Hall–Kier alpha value is -1.93. The number of nitrogens with one attached hydrogen (secondary N) is 1. The van der Waals surface area contributed by atoms with Gasteiger partial charge in [-0.3, -0.25) is 0 Å². The third-order valence-corrected chi connectivity index (χ3v) is 9.49. The Morgan fingerprint density at radius 2 is 1.10 bits per heavy atom. The van der Waals surface area contributed by atoms with Crippen LogP contribution in [0.15, 0.2) is 82.8 Å². The SMILES string of the molecule is CNC.Cc1ccc(C=CC=Cc2ccc(C)cc2)cc1.[CH3][Ti]([CH3])([CH3])([CH3])[C]1=CC=CC1. The van der Waals surface area contributed by atoms with Crippen molar-refractivity contribution in [2.45, 2.75) is 41.2 Å². The monoisotopic (exact) mass is 452 g/mol. The van der Waals surface area contributed by atoms with Crippen LogP contribution in [0.25, 0.3) is 12.2 Å². The zero-order valence-electron chi connectivity index (χ0n) is 20.9. The van der Waals surface area contributed by atoms with Gasteiger partial charge in [-0.25, -0.2) is 0 Å². The van der Waals surface area contributed by atoms with Crippen LogP contribution in [0.5, 0.6) is 0 Å². The first kappa shape index (κ1) is 27.1. The quantitative estimate of drug-likeness (QED) is 0.362. The van der Waals surface area contributed by atoms with Crippen LogP contribution in [-0.4, -0.2) is 14.1 Å². The number of allylic oxidation sites excluding steroid dienone is 6. The molecule has 0 aromatic heterocycles. The molecule has 1 nitrogen and oxygen atoms in total. The van der Waals surface area contributed by atoms with Gasteiger partial charge >= 0.3 is 64.7 Å².